The van der Waals surface area contributed by atoms with Gasteiger partial charge in [-0.25, -0.2) is 0 Å². The summed E-state index contributed by atoms with van der Waals surface area (Å²) in [4.78, 5) is 11.7. The van der Waals surface area contributed by atoms with Crippen LogP contribution in [0.3, 0.4) is 0 Å². The number of aliphatic hydroxyl groups is 1. The number of benzene rings is 1. The van der Waals surface area contributed by atoms with Crippen LogP contribution in [0.4, 0.5) is 0 Å². The van der Waals surface area contributed by atoms with Gasteiger partial charge in [-0.3, -0.25) is 4.79 Å². The van der Waals surface area contributed by atoms with Gasteiger partial charge in [-0.2, -0.15) is 0 Å². The summed E-state index contributed by atoms with van der Waals surface area (Å²) in [7, 11) is 1.48. The number of rotatable bonds is 5. The average molecular weight is 263 g/mol. The van der Waals surface area contributed by atoms with E-state index in [-0.39, 0.29) is 18.8 Å². The Hall–Kier alpha value is -0.770. The van der Waals surface area contributed by atoms with Crippen LogP contribution in [0.5, 0.6) is 5.75 Å². The van der Waals surface area contributed by atoms with Crippen molar-refractivity contribution in [3.63, 3.8) is 0 Å². The lowest BCUT2D eigenvalue weighted by molar-refractivity contribution is 0.0971. The molecule has 0 saturated heterocycles. The van der Waals surface area contributed by atoms with Crippen molar-refractivity contribution >= 4 is 29.0 Å². The van der Waals surface area contributed by atoms with Gasteiger partial charge in [0.05, 0.1) is 17.2 Å². The lowest BCUT2D eigenvalue weighted by atomic mass is 10.1. The summed E-state index contributed by atoms with van der Waals surface area (Å²) in [5, 5.41) is 9.29. The zero-order chi connectivity index (χ0) is 12.1. The minimum absolute atomic E-state index is 0.0206. The zero-order valence-electron chi connectivity index (χ0n) is 8.80. The molecule has 3 nitrogen and oxygen atoms in total. The molecule has 0 radical (unpaired) electrons. The molecular weight excluding hydrogens is 251 g/mol. The van der Waals surface area contributed by atoms with Crippen LogP contribution in [0.2, 0.25) is 10.0 Å². The van der Waals surface area contributed by atoms with Crippen LogP contribution in [-0.2, 0) is 0 Å². The lowest BCUT2D eigenvalue weighted by Gasteiger charge is -2.07. The van der Waals surface area contributed by atoms with E-state index >= 15 is 0 Å². The quantitative estimate of drug-likeness (QED) is 0.831. The molecule has 0 amide bonds. The Balaban J connectivity index is 2.97. The number of carbonyl (C=O) groups excluding carboxylic acids is 1. The van der Waals surface area contributed by atoms with Crippen LogP contribution < -0.4 is 4.74 Å². The minimum Gasteiger partial charge on any atom is -0.495 e. The van der Waals surface area contributed by atoms with Crippen LogP contribution in [0, 0.1) is 0 Å². The fourth-order valence-corrected chi connectivity index (χ4v) is 1.77. The smallest absolute Gasteiger partial charge is 0.164 e. The molecular formula is C11H12Cl2O3. The number of methoxy groups -OCH3 is 1. The van der Waals surface area contributed by atoms with Crippen LogP contribution >= 0.6 is 23.2 Å². The van der Waals surface area contributed by atoms with Crippen molar-refractivity contribution in [3.05, 3.63) is 27.7 Å². The van der Waals surface area contributed by atoms with E-state index in [0.29, 0.717) is 27.8 Å². The second-order valence-electron chi connectivity index (χ2n) is 3.22. The van der Waals surface area contributed by atoms with Crippen LogP contribution in [0.25, 0.3) is 0 Å². The number of Topliss-reactive ketones (excluding diaryl/α,β-unsaturated/α-hetero) is 1. The number of hydrogen-bond acceptors (Lipinski definition) is 3. The first-order valence-corrected chi connectivity index (χ1v) is 5.52. The number of halogens is 2. The molecule has 0 heterocycles. The van der Waals surface area contributed by atoms with Crippen LogP contribution in [0.15, 0.2) is 12.1 Å². The van der Waals surface area contributed by atoms with Gasteiger partial charge in [-0.15, -0.1) is 0 Å². The highest BCUT2D eigenvalue weighted by Gasteiger charge is 2.13. The molecule has 1 rings (SSSR count). The Morgan fingerprint density at radius 3 is 2.62 bits per heavy atom. The monoisotopic (exact) mass is 262 g/mol. The average Bonchev–Trinajstić information content (AvgIpc) is 2.28. The van der Waals surface area contributed by atoms with Crippen molar-refractivity contribution in [2.24, 2.45) is 0 Å². The van der Waals surface area contributed by atoms with Crippen LogP contribution in [-0.4, -0.2) is 24.6 Å². The molecule has 0 aliphatic heterocycles. The number of hydrogen-bond donors (Lipinski definition) is 1. The number of aliphatic hydroxyl groups excluding tert-OH is 1. The summed E-state index contributed by atoms with van der Waals surface area (Å²) >= 11 is 11.8. The Bertz CT molecular complexity index is 391. The maximum atomic E-state index is 11.7. The van der Waals surface area contributed by atoms with Crippen molar-refractivity contribution in [1.29, 1.82) is 0 Å². The summed E-state index contributed by atoms with van der Waals surface area (Å²) in [5.41, 5.74) is 0.362. The van der Waals surface area contributed by atoms with Crippen molar-refractivity contribution in [2.75, 3.05) is 13.7 Å². The number of ketones is 1. The molecule has 0 spiro atoms. The van der Waals surface area contributed by atoms with E-state index in [4.69, 9.17) is 33.0 Å². The second kappa shape index (κ2) is 6.09. The number of carbonyl (C=O) groups is 1. The zero-order valence-corrected chi connectivity index (χ0v) is 10.3. The summed E-state index contributed by atoms with van der Waals surface area (Å²) in [5.74, 6) is 0.300. The summed E-state index contributed by atoms with van der Waals surface area (Å²) < 4.78 is 4.97. The molecule has 0 bridgehead atoms. The van der Waals surface area contributed by atoms with E-state index in [9.17, 15) is 4.79 Å². The van der Waals surface area contributed by atoms with Gasteiger partial charge in [-0.05, 0) is 12.5 Å². The van der Waals surface area contributed by atoms with Gasteiger partial charge in [0, 0.05) is 24.7 Å². The fraction of sp³-hybridized carbons (Fsp3) is 0.364. The molecule has 0 saturated carbocycles. The molecule has 5 heteroatoms. The Labute approximate surface area is 104 Å². The first-order chi connectivity index (χ1) is 7.60. The van der Waals surface area contributed by atoms with Gasteiger partial charge in [0.25, 0.3) is 0 Å². The van der Waals surface area contributed by atoms with Gasteiger partial charge >= 0.3 is 0 Å². The SMILES string of the molecule is COc1cc(Cl)c(C(=O)CCCO)cc1Cl. The molecule has 0 unspecified atom stereocenters. The predicted molar refractivity (Wildman–Crippen MR) is 63.7 cm³/mol. The number of ether oxygens (including phenoxy) is 1. The molecule has 1 N–H and O–H groups in total. The van der Waals surface area contributed by atoms with E-state index in [2.05, 4.69) is 0 Å². The van der Waals surface area contributed by atoms with Crippen LogP contribution in [0.1, 0.15) is 23.2 Å². The first kappa shape index (κ1) is 13.3. The Morgan fingerprint density at radius 2 is 2.06 bits per heavy atom. The highest BCUT2D eigenvalue weighted by atomic mass is 35.5. The topological polar surface area (TPSA) is 46.5 Å². The lowest BCUT2D eigenvalue weighted by Crippen LogP contribution is -2.02. The maximum Gasteiger partial charge on any atom is 0.164 e. The fourth-order valence-electron chi connectivity index (χ4n) is 1.27. The Morgan fingerprint density at radius 1 is 1.38 bits per heavy atom. The molecule has 1 aromatic rings. The molecule has 0 fully saturated rings. The van der Waals surface area contributed by atoms with Gasteiger partial charge in [-0.1, -0.05) is 23.2 Å². The van der Waals surface area contributed by atoms with Gasteiger partial charge in [0.2, 0.25) is 0 Å². The van der Waals surface area contributed by atoms with E-state index in [1.54, 1.807) is 0 Å². The second-order valence-corrected chi connectivity index (χ2v) is 4.03. The molecule has 0 aromatic heterocycles. The first-order valence-electron chi connectivity index (χ1n) is 4.77. The molecule has 0 atom stereocenters. The third-order valence-electron chi connectivity index (χ3n) is 2.10. The molecule has 0 aliphatic rings. The van der Waals surface area contributed by atoms with Crippen molar-refractivity contribution in [3.8, 4) is 5.75 Å². The highest BCUT2D eigenvalue weighted by molar-refractivity contribution is 6.36. The summed E-state index contributed by atoms with van der Waals surface area (Å²) in [6.07, 6.45) is 0.664. The van der Waals surface area contributed by atoms with Crippen molar-refractivity contribution in [1.82, 2.24) is 0 Å². The summed E-state index contributed by atoms with van der Waals surface area (Å²) in [6.45, 7) is -0.0206. The third kappa shape index (κ3) is 3.11. The normalized spacial score (nSPS) is 10.2. The standard InChI is InChI=1S/C11H12Cl2O3/c1-16-11-6-8(12)7(5-9(11)13)10(15)3-2-4-14/h5-6,14H,2-4H2,1H3. The molecule has 0 aliphatic carbocycles. The molecule has 88 valence electrons. The van der Waals surface area contributed by atoms with Gasteiger partial charge in [0.15, 0.2) is 5.78 Å². The minimum atomic E-state index is -0.136. The largest absolute Gasteiger partial charge is 0.495 e. The van der Waals surface area contributed by atoms with Crippen molar-refractivity contribution < 1.29 is 14.6 Å². The van der Waals surface area contributed by atoms with Gasteiger partial charge in [0.1, 0.15) is 5.75 Å². The predicted octanol–water partition coefficient (Wildman–Crippen LogP) is 2.96. The molecule has 16 heavy (non-hydrogen) atoms. The summed E-state index contributed by atoms with van der Waals surface area (Å²) in [6, 6.07) is 3.00. The van der Waals surface area contributed by atoms with E-state index < -0.39 is 0 Å². The third-order valence-corrected chi connectivity index (χ3v) is 2.71. The van der Waals surface area contributed by atoms with E-state index in [1.165, 1.54) is 19.2 Å². The maximum absolute atomic E-state index is 11.7. The van der Waals surface area contributed by atoms with E-state index in [0.717, 1.165) is 0 Å². The van der Waals surface area contributed by atoms with E-state index in [1.807, 2.05) is 0 Å². The van der Waals surface area contributed by atoms with Crippen molar-refractivity contribution in [2.45, 2.75) is 12.8 Å². The highest BCUT2D eigenvalue weighted by Crippen LogP contribution is 2.31. The Kier molecular flexibility index (Phi) is 5.06. The van der Waals surface area contributed by atoms with Gasteiger partial charge < -0.3 is 9.84 Å². The molecule has 1 aromatic carbocycles.